The molecule has 0 amide bonds. The molecule has 0 aromatic heterocycles. The Morgan fingerprint density at radius 3 is 1.56 bits per heavy atom. The number of nitrogens with zero attached hydrogens (tertiary/aromatic N) is 1. The van der Waals surface area contributed by atoms with Gasteiger partial charge in [-0.2, -0.15) is 0 Å². The maximum absolute atomic E-state index is 8.36. The fraction of sp³-hybridized carbons (Fsp3) is 1.00. The van der Waals surface area contributed by atoms with E-state index >= 15 is 0 Å². The van der Waals surface area contributed by atoms with E-state index in [0.717, 1.165) is 0 Å². The summed E-state index contributed by atoms with van der Waals surface area (Å²) in [4.78, 5) is 8.36. The zero-order valence-electron chi connectivity index (χ0n) is 4.60. The van der Waals surface area contributed by atoms with Crippen LogP contribution in [-0.2, 0) is 21.1 Å². The molecule has 0 atom stereocenters. The van der Waals surface area contributed by atoms with Gasteiger partial charge in [0.25, 0.3) is 5.09 Å². The molecule has 0 fully saturated rings. The van der Waals surface area contributed by atoms with Crippen LogP contribution in [0.1, 0.15) is 0 Å². The molecule has 0 aromatic carbocycles. The first-order chi connectivity index (χ1) is 3.65. The van der Waals surface area contributed by atoms with Crippen molar-refractivity contribution in [1.29, 1.82) is 0 Å². The summed E-state index contributed by atoms with van der Waals surface area (Å²) >= 11 is 0. The van der Waals surface area contributed by atoms with Crippen LogP contribution in [0.4, 0.5) is 0 Å². The van der Waals surface area contributed by atoms with E-state index in [0.29, 0.717) is 13.1 Å². The van der Waals surface area contributed by atoms with Crippen molar-refractivity contribution < 1.29 is 31.4 Å². The summed E-state index contributed by atoms with van der Waals surface area (Å²) < 4.78 is 0. The van der Waals surface area contributed by atoms with Gasteiger partial charge in [-0.15, -0.1) is 10.1 Å². The van der Waals surface area contributed by atoms with Crippen molar-refractivity contribution in [3.63, 3.8) is 0 Å². The fourth-order valence-corrected chi connectivity index (χ4v) is 0. The number of hydrogen-bond acceptors (Lipinski definition) is 4. The molecule has 60 valence electrons. The van der Waals surface area contributed by atoms with Crippen LogP contribution in [-0.4, -0.2) is 23.4 Å². The van der Waals surface area contributed by atoms with Crippen molar-refractivity contribution in [3.05, 3.63) is 10.1 Å². The minimum Gasteiger partial charge on any atom is -0.329 e. The van der Waals surface area contributed by atoms with Gasteiger partial charge >= 0.3 is 0 Å². The number of nitrogens with two attached hydrogens (primary N) is 2. The third kappa shape index (κ3) is 403. The van der Waals surface area contributed by atoms with Crippen molar-refractivity contribution in [3.8, 4) is 0 Å². The fourth-order valence-electron chi connectivity index (χ4n) is 0. The second-order valence-corrected chi connectivity index (χ2v) is 0.815. The van der Waals surface area contributed by atoms with E-state index in [4.69, 9.17) is 26.8 Å². The smallest absolute Gasteiger partial charge is 0.291 e. The molecular weight excluding hydrogens is 309 g/mol. The summed E-state index contributed by atoms with van der Waals surface area (Å²) in [6, 6.07) is 0. The molecule has 0 saturated heterocycles. The van der Waals surface area contributed by atoms with Gasteiger partial charge in [-0.25, -0.2) is 0 Å². The summed E-state index contributed by atoms with van der Waals surface area (Å²) in [5, 5.41) is 13.6. The Morgan fingerprint density at radius 1 is 1.44 bits per heavy atom. The van der Waals surface area contributed by atoms with Crippen molar-refractivity contribution in [2.75, 3.05) is 13.1 Å². The molecule has 0 aliphatic carbocycles. The molecule has 0 bridgehead atoms. The molecule has 5 N–H and O–H groups in total. The van der Waals surface area contributed by atoms with E-state index in [2.05, 4.69) is 0 Å². The Bertz CT molecular complexity index is 55.0. The van der Waals surface area contributed by atoms with Gasteiger partial charge in [-0.05, 0) is 0 Å². The second-order valence-electron chi connectivity index (χ2n) is 0.815. The van der Waals surface area contributed by atoms with Gasteiger partial charge in [0.1, 0.15) is 0 Å². The van der Waals surface area contributed by atoms with Crippen LogP contribution < -0.4 is 11.5 Å². The summed E-state index contributed by atoms with van der Waals surface area (Å²) in [6.45, 7) is 1.19. The van der Waals surface area contributed by atoms with Crippen LogP contribution in [0.5, 0.6) is 0 Å². The van der Waals surface area contributed by atoms with Gasteiger partial charge in [-0.1, -0.05) is 0 Å². The van der Waals surface area contributed by atoms with Crippen molar-refractivity contribution in [2.45, 2.75) is 0 Å². The molecule has 9 heavy (non-hydrogen) atoms. The van der Waals surface area contributed by atoms with Crippen molar-refractivity contribution in [1.82, 2.24) is 0 Å². The van der Waals surface area contributed by atoms with Gasteiger partial charge in [0.2, 0.25) is 0 Å². The minimum absolute atomic E-state index is 0. The first-order valence-electron chi connectivity index (χ1n) is 1.88. The Labute approximate surface area is 66.6 Å². The van der Waals surface area contributed by atoms with Crippen LogP contribution >= 0.6 is 0 Å². The van der Waals surface area contributed by atoms with Gasteiger partial charge < -0.3 is 16.7 Å². The van der Waals surface area contributed by atoms with Crippen LogP contribution in [0.2, 0.25) is 0 Å². The predicted octanol–water partition coefficient (Wildman–Crippen LogP) is -1.45. The summed E-state index contributed by atoms with van der Waals surface area (Å²) in [5.74, 6) is 0. The SMILES string of the molecule is NCCN.O=[N+]([O-])O.[Pt]. The van der Waals surface area contributed by atoms with Gasteiger partial charge in [0, 0.05) is 34.2 Å². The molecular formula is C2H9N3O3Pt. The van der Waals surface area contributed by atoms with E-state index in [-0.39, 0.29) is 21.1 Å². The molecule has 0 saturated carbocycles. The molecule has 6 nitrogen and oxygen atoms in total. The quantitative estimate of drug-likeness (QED) is 0.404. The zero-order valence-corrected chi connectivity index (χ0v) is 6.87. The van der Waals surface area contributed by atoms with E-state index in [9.17, 15) is 0 Å². The molecule has 0 heterocycles. The molecule has 0 aliphatic rings. The molecule has 0 unspecified atom stereocenters. The average Bonchev–Trinajstić information content (AvgIpc) is 1.65. The third-order valence-corrected chi connectivity index (χ3v) is 0.167. The number of rotatable bonds is 1. The average molecular weight is 318 g/mol. The second kappa shape index (κ2) is 15.7. The Hall–Kier alpha value is -0.192. The maximum Gasteiger partial charge on any atom is 0.291 e. The third-order valence-electron chi connectivity index (χ3n) is 0.167. The van der Waals surface area contributed by atoms with Crippen LogP contribution in [0, 0.1) is 10.1 Å². The summed E-state index contributed by atoms with van der Waals surface area (Å²) in [7, 11) is 0. The van der Waals surface area contributed by atoms with Crippen molar-refractivity contribution >= 4 is 0 Å². The molecule has 0 spiro atoms. The molecule has 7 heteroatoms. The summed E-state index contributed by atoms with van der Waals surface area (Å²) in [5.41, 5.74) is 9.81. The Balaban J connectivity index is -0.0000000720. The normalized spacial score (nSPS) is 6.00. The molecule has 0 aromatic rings. The standard InChI is InChI=1S/C2H8N2.HNO3.Pt/c3-1-2-4;2-1(3)4;/h1-4H2;(H,2,3,4);. The van der Waals surface area contributed by atoms with E-state index in [1.54, 1.807) is 0 Å². The van der Waals surface area contributed by atoms with E-state index in [1.807, 2.05) is 0 Å². The van der Waals surface area contributed by atoms with Crippen LogP contribution in [0.25, 0.3) is 0 Å². The predicted molar refractivity (Wildman–Crippen MR) is 26.9 cm³/mol. The molecule has 0 rings (SSSR count). The van der Waals surface area contributed by atoms with E-state index in [1.165, 1.54) is 0 Å². The molecule has 0 aliphatic heterocycles. The first kappa shape index (κ1) is 15.9. The van der Waals surface area contributed by atoms with Gasteiger partial charge in [0.15, 0.2) is 0 Å². The van der Waals surface area contributed by atoms with Crippen molar-refractivity contribution in [2.24, 2.45) is 11.5 Å². The largest absolute Gasteiger partial charge is 0.329 e. The molecule has 0 radical (unpaired) electrons. The Morgan fingerprint density at radius 2 is 1.56 bits per heavy atom. The van der Waals surface area contributed by atoms with Gasteiger partial charge in [-0.3, -0.25) is 0 Å². The van der Waals surface area contributed by atoms with Crippen LogP contribution in [0.3, 0.4) is 0 Å². The monoisotopic (exact) mass is 318 g/mol. The van der Waals surface area contributed by atoms with Gasteiger partial charge in [0.05, 0.1) is 0 Å². The zero-order chi connectivity index (χ0) is 6.99. The first-order valence-corrected chi connectivity index (χ1v) is 1.88. The van der Waals surface area contributed by atoms with Crippen LogP contribution in [0.15, 0.2) is 0 Å². The maximum atomic E-state index is 8.36. The van der Waals surface area contributed by atoms with E-state index < -0.39 is 5.09 Å². The summed E-state index contributed by atoms with van der Waals surface area (Å²) in [6.07, 6.45) is 0. The Kier molecular flexibility index (Phi) is 27.7. The minimum atomic E-state index is -1.50. The topological polar surface area (TPSA) is 115 Å². The number of hydrogen-bond donors (Lipinski definition) is 3.